The van der Waals surface area contributed by atoms with Gasteiger partial charge in [-0.15, -0.1) is 0 Å². The van der Waals surface area contributed by atoms with Crippen LogP contribution in [0.15, 0.2) is 24.5 Å². The van der Waals surface area contributed by atoms with Crippen molar-refractivity contribution in [1.82, 2.24) is 20.1 Å². The fraction of sp³-hybridized carbons (Fsp3) is 0.429. The van der Waals surface area contributed by atoms with Crippen molar-refractivity contribution in [2.75, 3.05) is 6.54 Å². The van der Waals surface area contributed by atoms with E-state index in [9.17, 15) is 0 Å². The van der Waals surface area contributed by atoms with Gasteiger partial charge in [-0.1, -0.05) is 25.4 Å². The lowest BCUT2D eigenvalue weighted by atomic mass is 10.2. The zero-order valence-electron chi connectivity index (χ0n) is 11.5. The molecule has 2 aromatic rings. The highest BCUT2D eigenvalue weighted by atomic mass is 35.5. The zero-order chi connectivity index (χ0) is 13.8. The van der Waals surface area contributed by atoms with Gasteiger partial charge in [-0.25, -0.2) is 4.68 Å². The monoisotopic (exact) mass is 278 g/mol. The van der Waals surface area contributed by atoms with Crippen LogP contribution >= 0.6 is 11.6 Å². The Bertz CT molecular complexity index is 529. The Hall–Kier alpha value is -1.39. The summed E-state index contributed by atoms with van der Waals surface area (Å²) in [4.78, 5) is 4.35. The average molecular weight is 279 g/mol. The fourth-order valence-corrected chi connectivity index (χ4v) is 1.90. The molecule has 0 amide bonds. The summed E-state index contributed by atoms with van der Waals surface area (Å²) in [6, 6.07) is 3.95. The van der Waals surface area contributed by atoms with Gasteiger partial charge in [-0.3, -0.25) is 4.98 Å². The first kappa shape index (κ1) is 14.0. The molecule has 0 saturated carbocycles. The molecule has 2 aromatic heterocycles. The second-order valence-corrected chi connectivity index (χ2v) is 5.44. The van der Waals surface area contributed by atoms with Crippen LogP contribution in [-0.2, 0) is 6.54 Å². The Kier molecular flexibility index (Phi) is 4.56. The van der Waals surface area contributed by atoms with Crippen LogP contribution in [0, 0.1) is 12.8 Å². The van der Waals surface area contributed by atoms with E-state index in [4.69, 9.17) is 11.6 Å². The summed E-state index contributed by atoms with van der Waals surface area (Å²) >= 11 is 6.03. The molecule has 0 bridgehead atoms. The largest absolute Gasteiger partial charge is 0.311 e. The molecule has 0 aliphatic heterocycles. The maximum absolute atomic E-state index is 6.03. The van der Waals surface area contributed by atoms with Crippen LogP contribution in [0.25, 0.3) is 5.69 Å². The average Bonchev–Trinajstić information content (AvgIpc) is 2.70. The topological polar surface area (TPSA) is 42.7 Å². The number of nitrogens with zero attached hydrogens (tertiary/aromatic N) is 3. The molecule has 0 spiro atoms. The summed E-state index contributed by atoms with van der Waals surface area (Å²) < 4.78 is 1.78. The van der Waals surface area contributed by atoms with E-state index >= 15 is 0 Å². The third kappa shape index (κ3) is 3.78. The van der Waals surface area contributed by atoms with Crippen LogP contribution in [0.3, 0.4) is 0 Å². The molecule has 0 atom stereocenters. The third-order valence-corrected chi connectivity index (χ3v) is 3.13. The lowest BCUT2D eigenvalue weighted by Crippen LogP contribution is -2.19. The summed E-state index contributed by atoms with van der Waals surface area (Å²) in [5, 5.41) is 8.42. The van der Waals surface area contributed by atoms with Gasteiger partial charge in [-0.05, 0) is 31.5 Å². The lowest BCUT2D eigenvalue weighted by molar-refractivity contribution is 0.548. The van der Waals surface area contributed by atoms with Crippen LogP contribution in [0.1, 0.15) is 25.2 Å². The van der Waals surface area contributed by atoms with Crippen molar-refractivity contribution < 1.29 is 0 Å². The van der Waals surface area contributed by atoms with Crippen LogP contribution in [0.4, 0.5) is 0 Å². The predicted octanol–water partition coefficient (Wildman–Crippen LogP) is 2.97. The molecule has 0 aliphatic carbocycles. The predicted molar refractivity (Wildman–Crippen MR) is 77.7 cm³/mol. The maximum atomic E-state index is 6.03. The number of hydrogen-bond acceptors (Lipinski definition) is 3. The Morgan fingerprint density at radius 2 is 2.21 bits per heavy atom. The second kappa shape index (κ2) is 6.17. The quantitative estimate of drug-likeness (QED) is 0.914. The normalized spacial score (nSPS) is 11.2. The molecular weight excluding hydrogens is 260 g/mol. The summed E-state index contributed by atoms with van der Waals surface area (Å²) in [6.07, 6.45) is 3.62. The number of hydrogen-bond donors (Lipinski definition) is 1. The van der Waals surface area contributed by atoms with Gasteiger partial charge in [0, 0.05) is 18.9 Å². The van der Waals surface area contributed by atoms with Crippen molar-refractivity contribution in [1.29, 1.82) is 0 Å². The molecule has 0 fully saturated rings. The summed E-state index contributed by atoms with van der Waals surface area (Å²) in [6.45, 7) is 8.01. The molecule has 5 heteroatoms. The van der Waals surface area contributed by atoms with Gasteiger partial charge in [0.2, 0.25) is 0 Å². The highest BCUT2D eigenvalue weighted by molar-refractivity contribution is 6.31. The minimum absolute atomic E-state index is 0.635. The van der Waals surface area contributed by atoms with Gasteiger partial charge in [0.1, 0.15) is 0 Å². The molecule has 0 radical (unpaired) electrons. The highest BCUT2D eigenvalue weighted by Gasteiger charge is 2.05. The van der Waals surface area contributed by atoms with Gasteiger partial charge in [0.15, 0.2) is 0 Å². The standard InChI is InChI=1S/C14H19ClN4/c1-10(2)7-16-8-12-6-13(4-5-17-12)19-9-14(15)11(3)18-19/h4-6,9-10,16H,7-8H2,1-3H3. The third-order valence-electron chi connectivity index (χ3n) is 2.76. The molecule has 2 heterocycles. The van der Waals surface area contributed by atoms with Crippen molar-refractivity contribution in [2.24, 2.45) is 5.92 Å². The summed E-state index contributed by atoms with van der Waals surface area (Å²) in [5.74, 6) is 0.635. The molecular formula is C14H19ClN4. The summed E-state index contributed by atoms with van der Waals surface area (Å²) in [7, 11) is 0. The van der Waals surface area contributed by atoms with Crippen molar-refractivity contribution in [2.45, 2.75) is 27.3 Å². The highest BCUT2D eigenvalue weighted by Crippen LogP contribution is 2.16. The number of halogens is 1. The van der Waals surface area contributed by atoms with Gasteiger partial charge < -0.3 is 5.32 Å². The second-order valence-electron chi connectivity index (χ2n) is 5.04. The molecule has 1 N–H and O–H groups in total. The number of nitrogens with one attached hydrogen (secondary N) is 1. The smallest absolute Gasteiger partial charge is 0.0819 e. The van der Waals surface area contributed by atoms with Gasteiger partial charge in [0.25, 0.3) is 0 Å². The first-order valence-corrected chi connectivity index (χ1v) is 6.82. The van der Waals surface area contributed by atoms with Gasteiger partial charge in [0.05, 0.1) is 22.1 Å². The van der Waals surface area contributed by atoms with Crippen molar-refractivity contribution in [3.8, 4) is 5.69 Å². The van der Waals surface area contributed by atoms with Crippen LogP contribution in [-0.4, -0.2) is 21.3 Å². The van der Waals surface area contributed by atoms with E-state index in [1.165, 1.54) is 0 Å². The van der Waals surface area contributed by atoms with E-state index in [2.05, 4.69) is 29.2 Å². The molecule has 2 rings (SSSR count). The Morgan fingerprint density at radius 1 is 1.42 bits per heavy atom. The fourth-order valence-electron chi connectivity index (χ4n) is 1.76. The van der Waals surface area contributed by atoms with E-state index in [-0.39, 0.29) is 0 Å². The van der Waals surface area contributed by atoms with E-state index in [0.29, 0.717) is 10.9 Å². The van der Waals surface area contributed by atoms with Crippen LogP contribution in [0.2, 0.25) is 5.02 Å². The molecule has 4 nitrogen and oxygen atoms in total. The molecule has 19 heavy (non-hydrogen) atoms. The minimum Gasteiger partial charge on any atom is -0.311 e. The van der Waals surface area contributed by atoms with Crippen molar-refractivity contribution in [3.63, 3.8) is 0 Å². The SMILES string of the molecule is Cc1nn(-c2ccnc(CNCC(C)C)c2)cc1Cl. The van der Waals surface area contributed by atoms with E-state index in [0.717, 1.165) is 30.2 Å². The number of aryl methyl sites for hydroxylation is 1. The first-order chi connectivity index (χ1) is 9.06. The van der Waals surface area contributed by atoms with Crippen molar-refractivity contribution >= 4 is 11.6 Å². The molecule has 0 aromatic carbocycles. The Morgan fingerprint density at radius 3 is 2.84 bits per heavy atom. The first-order valence-electron chi connectivity index (χ1n) is 6.44. The van der Waals surface area contributed by atoms with E-state index < -0.39 is 0 Å². The Labute approximate surface area is 118 Å². The van der Waals surface area contributed by atoms with Crippen molar-refractivity contribution in [3.05, 3.63) is 40.9 Å². The van der Waals surface area contributed by atoms with Gasteiger partial charge >= 0.3 is 0 Å². The van der Waals surface area contributed by atoms with E-state index in [1.54, 1.807) is 10.9 Å². The lowest BCUT2D eigenvalue weighted by Gasteiger charge is -2.08. The maximum Gasteiger partial charge on any atom is 0.0819 e. The van der Waals surface area contributed by atoms with Crippen LogP contribution < -0.4 is 5.32 Å². The number of aromatic nitrogens is 3. The molecule has 0 saturated heterocycles. The minimum atomic E-state index is 0.635. The molecule has 0 unspecified atom stereocenters. The Balaban J connectivity index is 2.10. The molecule has 102 valence electrons. The van der Waals surface area contributed by atoms with Gasteiger partial charge in [-0.2, -0.15) is 5.10 Å². The molecule has 0 aliphatic rings. The van der Waals surface area contributed by atoms with Crippen LogP contribution in [0.5, 0.6) is 0 Å². The number of pyridine rings is 1. The zero-order valence-corrected chi connectivity index (χ0v) is 12.3. The van der Waals surface area contributed by atoms with E-state index in [1.807, 2.05) is 25.3 Å². The summed E-state index contributed by atoms with van der Waals surface area (Å²) in [5.41, 5.74) is 2.81. The number of rotatable bonds is 5.